The predicted octanol–water partition coefficient (Wildman–Crippen LogP) is 4.40. The summed E-state index contributed by atoms with van der Waals surface area (Å²) in [6.45, 7) is 0.677. The van der Waals surface area contributed by atoms with Crippen molar-refractivity contribution in [2.24, 2.45) is 0 Å². The lowest BCUT2D eigenvalue weighted by Crippen LogP contribution is -2.14. The van der Waals surface area contributed by atoms with E-state index in [4.69, 9.17) is 0 Å². The average molecular weight is 386 g/mol. The Kier molecular flexibility index (Phi) is 5.88. The molecule has 0 radical (unpaired) electrons. The number of hydrogen-bond donors (Lipinski definition) is 2. The Labute approximate surface area is 159 Å². The third-order valence-corrected chi connectivity index (χ3v) is 3.94. The third kappa shape index (κ3) is 5.29. The van der Waals surface area contributed by atoms with Gasteiger partial charge in [-0.15, -0.1) is 10.2 Å². The summed E-state index contributed by atoms with van der Waals surface area (Å²) in [4.78, 5) is 12.1. The van der Waals surface area contributed by atoms with Crippen LogP contribution < -0.4 is 10.6 Å². The van der Waals surface area contributed by atoms with Crippen molar-refractivity contribution < 1.29 is 18.0 Å². The average Bonchev–Trinajstić information content (AvgIpc) is 2.69. The van der Waals surface area contributed by atoms with Gasteiger partial charge in [-0.2, -0.15) is 13.2 Å². The molecule has 3 aromatic rings. The third-order valence-electron chi connectivity index (χ3n) is 3.94. The fraction of sp³-hybridized carbons (Fsp3) is 0.150. The minimum atomic E-state index is -4.44. The van der Waals surface area contributed by atoms with Crippen LogP contribution in [0.2, 0.25) is 0 Å². The van der Waals surface area contributed by atoms with Crippen LogP contribution in [0.3, 0.4) is 0 Å². The van der Waals surface area contributed by atoms with Crippen molar-refractivity contribution in [1.82, 2.24) is 10.2 Å². The Morgan fingerprint density at radius 1 is 0.857 bits per heavy atom. The van der Waals surface area contributed by atoms with Crippen molar-refractivity contribution in [1.29, 1.82) is 0 Å². The smallest absolute Gasteiger partial charge is 0.368 e. The van der Waals surface area contributed by atoms with E-state index in [1.54, 1.807) is 12.1 Å². The fourth-order valence-corrected chi connectivity index (χ4v) is 2.47. The molecule has 0 unspecified atom stereocenters. The van der Waals surface area contributed by atoms with E-state index in [2.05, 4.69) is 20.8 Å². The van der Waals surface area contributed by atoms with Crippen molar-refractivity contribution >= 4 is 17.5 Å². The van der Waals surface area contributed by atoms with Gasteiger partial charge in [-0.25, -0.2) is 0 Å². The minimum absolute atomic E-state index is 0.0971. The molecule has 144 valence electrons. The quantitative estimate of drug-likeness (QED) is 0.659. The molecule has 5 nitrogen and oxygen atoms in total. The molecule has 1 aromatic heterocycles. The molecule has 2 aromatic carbocycles. The SMILES string of the molecule is O=C(Nc1ccc(NCCc2ccccc2)nn1)c1ccc(C(F)(F)F)cc1. The number of amides is 1. The molecule has 0 saturated carbocycles. The zero-order valence-corrected chi connectivity index (χ0v) is 14.7. The lowest BCUT2D eigenvalue weighted by Gasteiger charge is -2.08. The van der Waals surface area contributed by atoms with E-state index in [1.165, 1.54) is 5.56 Å². The maximum absolute atomic E-state index is 12.6. The standard InChI is InChI=1S/C20H17F3N4O/c21-20(22,23)16-8-6-15(7-9-16)19(28)25-18-11-10-17(26-27-18)24-13-12-14-4-2-1-3-5-14/h1-11H,12-13H2,(H,24,26)(H,25,27,28). The highest BCUT2D eigenvalue weighted by Crippen LogP contribution is 2.29. The monoisotopic (exact) mass is 386 g/mol. The summed E-state index contributed by atoms with van der Waals surface area (Å²) < 4.78 is 37.7. The molecule has 0 aliphatic heterocycles. The first-order chi connectivity index (χ1) is 13.4. The topological polar surface area (TPSA) is 66.9 Å². The highest BCUT2D eigenvalue weighted by Gasteiger charge is 2.30. The summed E-state index contributed by atoms with van der Waals surface area (Å²) in [7, 11) is 0. The first-order valence-corrected chi connectivity index (χ1v) is 8.52. The summed E-state index contributed by atoms with van der Waals surface area (Å²) in [6.07, 6.45) is -3.61. The van der Waals surface area contributed by atoms with Gasteiger partial charge in [-0.05, 0) is 48.4 Å². The minimum Gasteiger partial charge on any atom is -0.368 e. The number of hydrogen-bond acceptors (Lipinski definition) is 4. The number of halogens is 3. The molecular formula is C20H17F3N4O. The van der Waals surface area contributed by atoms with E-state index in [1.807, 2.05) is 30.3 Å². The van der Waals surface area contributed by atoms with Gasteiger partial charge in [0, 0.05) is 12.1 Å². The lowest BCUT2D eigenvalue weighted by atomic mass is 10.1. The number of alkyl halides is 3. The lowest BCUT2D eigenvalue weighted by molar-refractivity contribution is -0.137. The fourth-order valence-electron chi connectivity index (χ4n) is 2.47. The maximum Gasteiger partial charge on any atom is 0.416 e. The van der Waals surface area contributed by atoms with Crippen LogP contribution in [0.4, 0.5) is 24.8 Å². The molecule has 0 spiro atoms. The second kappa shape index (κ2) is 8.51. The summed E-state index contributed by atoms with van der Waals surface area (Å²) >= 11 is 0. The van der Waals surface area contributed by atoms with Crippen molar-refractivity contribution in [2.75, 3.05) is 17.2 Å². The van der Waals surface area contributed by atoms with Crippen molar-refractivity contribution in [3.63, 3.8) is 0 Å². The van der Waals surface area contributed by atoms with E-state index in [-0.39, 0.29) is 11.4 Å². The summed E-state index contributed by atoms with van der Waals surface area (Å²) in [5.74, 6) is 0.203. The Balaban J connectivity index is 1.52. The van der Waals surface area contributed by atoms with Gasteiger partial charge in [0.2, 0.25) is 0 Å². The maximum atomic E-state index is 12.6. The van der Waals surface area contributed by atoms with E-state index in [0.717, 1.165) is 30.7 Å². The van der Waals surface area contributed by atoms with Crippen LogP contribution in [-0.4, -0.2) is 22.6 Å². The Hall–Kier alpha value is -3.42. The molecule has 3 rings (SSSR count). The van der Waals surface area contributed by atoms with Crippen LogP contribution in [-0.2, 0) is 12.6 Å². The largest absolute Gasteiger partial charge is 0.416 e. The predicted molar refractivity (Wildman–Crippen MR) is 100 cm³/mol. The summed E-state index contributed by atoms with van der Waals surface area (Å²) in [6, 6.07) is 17.2. The van der Waals surface area contributed by atoms with Crippen LogP contribution in [0.15, 0.2) is 66.7 Å². The highest BCUT2D eigenvalue weighted by molar-refractivity contribution is 6.03. The molecule has 0 bridgehead atoms. The van der Waals surface area contributed by atoms with Gasteiger partial charge in [0.05, 0.1) is 5.56 Å². The molecule has 1 heterocycles. The van der Waals surface area contributed by atoms with Gasteiger partial charge in [-0.3, -0.25) is 4.79 Å². The van der Waals surface area contributed by atoms with Crippen molar-refractivity contribution in [2.45, 2.75) is 12.6 Å². The molecule has 0 fully saturated rings. The van der Waals surface area contributed by atoms with Gasteiger partial charge in [0.25, 0.3) is 5.91 Å². The number of rotatable bonds is 6. The van der Waals surface area contributed by atoms with Gasteiger partial charge in [0.15, 0.2) is 5.82 Å². The van der Waals surface area contributed by atoms with Crippen LogP contribution in [0.5, 0.6) is 0 Å². The van der Waals surface area contributed by atoms with Crippen LogP contribution in [0, 0.1) is 0 Å². The molecule has 2 N–H and O–H groups in total. The van der Waals surface area contributed by atoms with Gasteiger partial charge < -0.3 is 10.6 Å². The Morgan fingerprint density at radius 3 is 2.11 bits per heavy atom. The van der Waals surface area contributed by atoms with Gasteiger partial charge >= 0.3 is 6.18 Å². The molecular weight excluding hydrogens is 369 g/mol. The molecule has 0 aliphatic rings. The van der Waals surface area contributed by atoms with E-state index < -0.39 is 17.6 Å². The second-order valence-electron chi connectivity index (χ2n) is 6.00. The normalized spacial score (nSPS) is 11.1. The number of benzene rings is 2. The number of anilines is 2. The first kappa shape index (κ1) is 19.3. The highest BCUT2D eigenvalue weighted by atomic mass is 19.4. The van der Waals surface area contributed by atoms with Crippen molar-refractivity contribution in [3.05, 3.63) is 83.4 Å². The van der Waals surface area contributed by atoms with Gasteiger partial charge in [-0.1, -0.05) is 30.3 Å². The second-order valence-corrected chi connectivity index (χ2v) is 6.00. The molecule has 8 heteroatoms. The first-order valence-electron chi connectivity index (χ1n) is 8.52. The zero-order valence-electron chi connectivity index (χ0n) is 14.7. The summed E-state index contributed by atoms with van der Waals surface area (Å²) in [5.41, 5.74) is 0.484. The zero-order chi connectivity index (χ0) is 20.0. The van der Waals surface area contributed by atoms with Crippen LogP contribution >= 0.6 is 0 Å². The van der Waals surface area contributed by atoms with Crippen LogP contribution in [0.1, 0.15) is 21.5 Å². The molecule has 0 aliphatic carbocycles. The van der Waals surface area contributed by atoms with E-state index in [0.29, 0.717) is 12.4 Å². The number of aromatic nitrogens is 2. The van der Waals surface area contributed by atoms with E-state index in [9.17, 15) is 18.0 Å². The molecule has 1 amide bonds. The molecule has 0 saturated heterocycles. The van der Waals surface area contributed by atoms with Crippen molar-refractivity contribution in [3.8, 4) is 0 Å². The Morgan fingerprint density at radius 2 is 1.50 bits per heavy atom. The Bertz CT molecular complexity index is 911. The van der Waals surface area contributed by atoms with Crippen LogP contribution in [0.25, 0.3) is 0 Å². The number of nitrogens with one attached hydrogen (secondary N) is 2. The molecule has 0 atom stereocenters. The summed E-state index contributed by atoms with van der Waals surface area (Å²) in [5, 5.41) is 13.5. The number of nitrogens with zero attached hydrogens (tertiary/aromatic N) is 2. The molecule has 28 heavy (non-hydrogen) atoms. The number of carbonyl (C=O) groups excluding carboxylic acids is 1. The van der Waals surface area contributed by atoms with E-state index >= 15 is 0 Å². The number of carbonyl (C=O) groups is 1. The van der Waals surface area contributed by atoms with Gasteiger partial charge in [0.1, 0.15) is 5.82 Å².